The van der Waals surface area contributed by atoms with E-state index in [1.54, 1.807) is 0 Å². The minimum Gasteiger partial charge on any atom is -0.445 e. The number of alkyl carbamates (subject to hydrolysis) is 2. The lowest BCUT2D eigenvalue weighted by Gasteiger charge is -2.19. The fourth-order valence-electron chi connectivity index (χ4n) is 1.46. The van der Waals surface area contributed by atoms with E-state index in [9.17, 15) is 9.59 Å². The Bertz CT molecular complexity index is 477. The molecule has 21 heavy (non-hydrogen) atoms. The van der Waals surface area contributed by atoms with Gasteiger partial charge in [-0.2, -0.15) is 0 Å². The number of carbonyl (C=O) groups excluding carboxylic acids is 2. The number of nitrogens with one attached hydrogen (secondary N) is 2. The molecule has 2 N–H and O–H groups in total. The molecule has 6 nitrogen and oxygen atoms in total. The predicted molar refractivity (Wildman–Crippen MR) is 78.8 cm³/mol. The van der Waals surface area contributed by atoms with E-state index in [0.717, 1.165) is 11.1 Å². The van der Waals surface area contributed by atoms with Crippen molar-refractivity contribution in [2.45, 2.75) is 39.5 Å². The van der Waals surface area contributed by atoms with Crippen molar-refractivity contribution in [3.05, 3.63) is 35.4 Å². The van der Waals surface area contributed by atoms with Gasteiger partial charge in [0.15, 0.2) is 0 Å². The zero-order valence-corrected chi connectivity index (χ0v) is 12.9. The first-order valence-corrected chi connectivity index (χ1v) is 6.69. The van der Waals surface area contributed by atoms with Crippen molar-refractivity contribution in [1.82, 2.24) is 10.6 Å². The summed E-state index contributed by atoms with van der Waals surface area (Å²) >= 11 is 0. The first kappa shape index (κ1) is 16.8. The van der Waals surface area contributed by atoms with Crippen LogP contribution < -0.4 is 10.6 Å². The van der Waals surface area contributed by atoms with E-state index >= 15 is 0 Å². The van der Waals surface area contributed by atoms with Crippen LogP contribution in [0.5, 0.6) is 0 Å². The van der Waals surface area contributed by atoms with Crippen molar-refractivity contribution in [3.63, 3.8) is 0 Å². The molecule has 0 spiro atoms. The van der Waals surface area contributed by atoms with Crippen LogP contribution in [0.4, 0.5) is 9.59 Å². The van der Waals surface area contributed by atoms with Crippen LogP contribution in [0.3, 0.4) is 0 Å². The number of ether oxygens (including phenoxy) is 2. The van der Waals surface area contributed by atoms with Gasteiger partial charge in [0, 0.05) is 13.6 Å². The highest BCUT2D eigenvalue weighted by Gasteiger charge is 2.15. The van der Waals surface area contributed by atoms with Gasteiger partial charge in [-0.1, -0.05) is 24.3 Å². The van der Waals surface area contributed by atoms with Gasteiger partial charge in [0.2, 0.25) is 0 Å². The molecule has 0 heterocycles. The molecule has 0 atom stereocenters. The molecule has 0 bridgehead atoms. The van der Waals surface area contributed by atoms with Crippen molar-refractivity contribution in [2.24, 2.45) is 0 Å². The van der Waals surface area contributed by atoms with Crippen molar-refractivity contribution in [1.29, 1.82) is 0 Å². The Morgan fingerprint density at radius 3 is 2.14 bits per heavy atom. The zero-order chi connectivity index (χ0) is 15.9. The second-order valence-electron chi connectivity index (χ2n) is 5.50. The largest absolute Gasteiger partial charge is 0.445 e. The van der Waals surface area contributed by atoms with Gasteiger partial charge in [-0.05, 0) is 31.9 Å². The summed E-state index contributed by atoms with van der Waals surface area (Å²) in [4.78, 5) is 22.5. The van der Waals surface area contributed by atoms with E-state index in [4.69, 9.17) is 9.47 Å². The third-order valence-corrected chi connectivity index (χ3v) is 2.43. The summed E-state index contributed by atoms with van der Waals surface area (Å²) in [5.74, 6) is 0. The SMILES string of the molecule is CNC(=O)OCc1ccc(CNC(=O)OC(C)(C)C)cc1. The Morgan fingerprint density at radius 1 is 1.05 bits per heavy atom. The molecule has 0 aliphatic rings. The molecule has 6 heteroatoms. The average Bonchev–Trinajstić information content (AvgIpc) is 2.41. The normalized spacial score (nSPS) is 10.7. The maximum absolute atomic E-state index is 11.5. The smallest absolute Gasteiger partial charge is 0.407 e. The summed E-state index contributed by atoms with van der Waals surface area (Å²) in [5, 5.41) is 5.05. The second kappa shape index (κ2) is 7.52. The highest BCUT2D eigenvalue weighted by atomic mass is 16.6. The van der Waals surface area contributed by atoms with Gasteiger partial charge >= 0.3 is 12.2 Å². The lowest BCUT2D eigenvalue weighted by molar-refractivity contribution is 0.0523. The minimum absolute atomic E-state index is 0.208. The third-order valence-electron chi connectivity index (χ3n) is 2.43. The van der Waals surface area contributed by atoms with Gasteiger partial charge in [-0.3, -0.25) is 0 Å². The maximum atomic E-state index is 11.5. The van der Waals surface area contributed by atoms with Gasteiger partial charge in [-0.25, -0.2) is 9.59 Å². The third kappa shape index (κ3) is 7.20. The molecule has 0 aliphatic carbocycles. The van der Waals surface area contributed by atoms with E-state index in [0.29, 0.717) is 6.54 Å². The van der Waals surface area contributed by atoms with Gasteiger partial charge in [0.05, 0.1) is 0 Å². The van der Waals surface area contributed by atoms with Crippen LogP contribution >= 0.6 is 0 Å². The van der Waals surface area contributed by atoms with Crippen molar-refractivity contribution < 1.29 is 19.1 Å². The standard InChI is InChI=1S/C15H22N2O4/c1-15(2,3)21-14(19)17-9-11-5-7-12(8-6-11)10-20-13(18)16-4/h5-8H,9-10H2,1-4H3,(H,16,18)(H,17,19). The Kier molecular flexibility index (Phi) is 6.02. The van der Waals surface area contributed by atoms with Gasteiger partial charge < -0.3 is 20.1 Å². The van der Waals surface area contributed by atoms with Crippen LogP contribution in [0.1, 0.15) is 31.9 Å². The number of amides is 2. The van der Waals surface area contributed by atoms with Crippen LogP contribution in [0, 0.1) is 0 Å². The van der Waals surface area contributed by atoms with Gasteiger partial charge in [-0.15, -0.1) is 0 Å². The maximum Gasteiger partial charge on any atom is 0.407 e. The number of rotatable bonds is 4. The van der Waals surface area contributed by atoms with Crippen LogP contribution in [0.15, 0.2) is 24.3 Å². The molecule has 0 saturated carbocycles. The van der Waals surface area contributed by atoms with Gasteiger partial charge in [0.25, 0.3) is 0 Å². The van der Waals surface area contributed by atoms with Gasteiger partial charge in [0.1, 0.15) is 12.2 Å². The Balaban J connectivity index is 2.41. The van der Waals surface area contributed by atoms with Crippen LogP contribution in [0.25, 0.3) is 0 Å². The molecule has 0 fully saturated rings. The second-order valence-corrected chi connectivity index (χ2v) is 5.50. The van der Waals surface area contributed by atoms with E-state index in [-0.39, 0.29) is 6.61 Å². The molecule has 2 amide bonds. The predicted octanol–water partition coefficient (Wildman–Crippen LogP) is 2.57. The Hall–Kier alpha value is -2.24. The monoisotopic (exact) mass is 294 g/mol. The minimum atomic E-state index is -0.509. The lowest BCUT2D eigenvalue weighted by atomic mass is 10.1. The quantitative estimate of drug-likeness (QED) is 0.894. The van der Waals surface area contributed by atoms with Crippen LogP contribution in [-0.4, -0.2) is 24.8 Å². The summed E-state index contributed by atoms with van der Waals surface area (Å²) in [6, 6.07) is 7.41. The Labute approximate surface area is 124 Å². The first-order chi connectivity index (χ1) is 9.80. The molecule has 1 aromatic carbocycles. The molecule has 0 unspecified atom stereocenters. The van der Waals surface area contributed by atoms with E-state index in [1.807, 2.05) is 45.0 Å². The van der Waals surface area contributed by atoms with E-state index in [2.05, 4.69) is 10.6 Å². The summed E-state index contributed by atoms with van der Waals surface area (Å²) in [5.41, 5.74) is 1.30. The summed E-state index contributed by atoms with van der Waals surface area (Å²) < 4.78 is 10.1. The highest BCUT2D eigenvalue weighted by Crippen LogP contribution is 2.08. The molecule has 0 saturated heterocycles. The fourth-order valence-corrected chi connectivity index (χ4v) is 1.46. The topological polar surface area (TPSA) is 76.7 Å². The molecule has 1 rings (SSSR count). The summed E-state index contributed by atoms with van der Waals surface area (Å²) in [6.07, 6.45) is -0.916. The van der Waals surface area contributed by atoms with Crippen molar-refractivity contribution in [2.75, 3.05) is 7.05 Å². The lowest BCUT2D eigenvalue weighted by Crippen LogP contribution is -2.32. The Morgan fingerprint density at radius 2 is 1.62 bits per heavy atom. The summed E-state index contributed by atoms with van der Waals surface area (Å²) in [7, 11) is 1.51. The molecule has 1 aromatic rings. The zero-order valence-electron chi connectivity index (χ0n) is 12.9. The summed E-state index contributed by atoms with van der Waals surface area (Å²) in [6.45, 7) is 6.03. The number of hydrogen-bond donors (Lipinski definition) is 2. The molecular formula is C15H22N2O4. The van der Waals surface area contributed by atoms with Crippen molar-refractivity contribution in [3.8, 4) is 0 Å². The first-order valence-electron chi connectivity index (χ1n) is 6.69. The molecule has 116 valence electrons. The molecule has 0 radical (unpaired) electrons. The van der Waals surface area contributed by atoms with Crippen LogP contribution in [-0.2, 0) is 22.6 Å². The highest BCUT2D eigenvalue weighted by molar-refractivity contribution is 5.67. The molecule has 0 aliphatic heterocycles. The van der Waals surface area contributed by atoms with Crippen molar-refractivity contribution >= 4 is 12.2 Å². The number of benzene rings is 1. The van der Waals surface area contributed by atoms with E-state index < -0.39 is 17.8 Å². The van der Waals surface area contributed by atoms with E-state index in [1.165, 1.54) is 7.05 Å². The number of hydrogen-bond acceptors (Lipinski definition) is 4. The fraction of sp³-hybridized carbons (Fsp3) is 0.467. The molecule has 0 aromatic heterocycles. The average molecular weight is 294 g/mol. The van der Waals surface area contributed by atoms with Crippen LogP contribution in [0.2, 0.25) is 0 Å². The molecular weight excluding hydrogens is 272 g/mol. The number of carbonyl (C=O) groups is 2.